The fourth-order valence-electron chi connectivity index (χ4n) is 2.17. The molecule has 4 nitrogen and oxygen atoms in total. The number of aromatic nitrogens is 1. The number of ether oxygens (including phenoxy) is 1. The molecule has 0 unspecified atom stereocenters. The summed E-state index contributed by atoms with van der Waals surface area (Å²) in [5.41, 5.74) is 1.48. The molecule has 0 radical (unpaired) electrons. The maximum Gasteiger partial charge on any atom is 0.267 e. The van der Waals surface area contributed by atoms with Gasteiger partial charge in [0.15, 0.2) is 0 Å². The van der Waals surface area contributed by atoms with Crippen molar-refractivity contribution >= 4 is 32.7 Å². The van der Waals surface area contributed by atoms with Crippen LogP contribution < -0.4 is 10.1 Å². The van der Waals surface area contributed by atoms with Crippen molar-refractivity contribution in [1.29, 1.82) is 0 Å². The summed E-state index contributed by atoms with van der Waals surface area (Å²) in [6, 6.07) is 17.2. The Morgan fingerprint density at radius 1 is 1.14 bits per heavy atom. The minimum absolute atomic E-state index is 0.135. The molecule has 3 aromatic rings. The number of rotatable bonds is 5. The number of fused-ring (bicyclic) bond motifs is 1. The first-order valence-electron chi connectivity index (χ1n) is 6.97. The van der Waals surface area contributed by atoms with Gasteiger partial charge in [-0.1, -0.05) is 40.2 Å². The molecule has 0 fully saturated rings. The predicted octanol–water partition coefficient (Wildman–Crippen LogP) is 3.74. The number of benzene rings is 2. The molecule has 2 N–H and O–H groups in total. The lowest BCUT2D eigenvalue weighted by molar-refractivity contribution is 0.0943. The molecule has 22 heavy (non-hydrogen) atoms. The average molecular weight is 359 g/mol. The van der Waals surface area contributed by atoms with E-state index in [1.54, 1.807) is 0 Å². The second-order valence-corrected chi connectivity index (χ2v) is 5.75. The summed E-state index contributed by atoms with van der Waals surface area (Å²) in [5.74, 6) is 0.663. The Morgan fingerprint density at radius 3 is 2.77 bits per heavy atom. The van der Waals surface area contributed by atoms with E-state index >= 15 is 0 Å². The van der Waals surface area contributed by atoms with Crippen LogP contribution in [0.5, 0.6) is 5.75 Å². The SMILES string of the molecule is O=C(NCCOc1ccccc1)c1cc2ccc(Br)cc2[nH]1. The van der Waals surface area contributed by atoms with Gasteiger partial charge in [-0.25, -0.2) is 0 Å². The summed E-state index contributed by atoms with van der Waals surface area (Å²) in [5, 5.41) is 3.85. The zero-order chi connectivity index (χ0) is 15.4. The van der Waals surface area contributed by atoms with Crippen LogP contribution in [0.2, 0.25) is 0 Å². The van der Waals surface area contributed by atoms with E-state index in [2.05, 4.69) is 26.2 Å². The molecule has 5 heteroatoms. The van der Waals surface area contributed by atoms with Gasteiger partial charge in [-0.15, -0.1) is 0 Å². The number of hydrogen-bond acceptors (Lipinski definition) is 2. The molecule has 0 aliphatic heterocycles. The van der Waals surface area contributed by atoms with E-state index in [0.29, 0.717) is 18.8 Å². The fraction of sp³-hybridized carbons (Fsp3) is 0.118. The van der Waals surface area contributed by atoms with Crippen molar-refractivity contribution < 1.29 is 9.53 Å². The third kappa shape index (κ3) is 3.49. The van der Waals surface area contributed by atoms with Gasteiger partial charge in [0.1, 0.15) is 18.1 Å². The Balaban J connectivity index is 1.54. The monoisotopic (exact) mass is 358 g/mol. The maximum atomic E-state index is 12.1. The van der Waals surface area contributed by atoms with E-state index in [1.165, 1.54) is 0 Å². The molecule has 0 aliphatic carbocycles. The lowest BCUT2D eigenvalue weighted by atomic mass is 10.2. The van der Waals surface area contributed by atoms with E-state index in [0.717, 1.165) is 21.1 Å². The third-order valence-electron chi connectivity index (χ3n) is 3.23. The average Bonchev–Trinajstić information content (AvgIpc) is 2.95. The van der Waals surface area contributed by atoms with Crippen LogP contribution in [0.4, 0.5) is 0 Å². The number of para-hydroxylation sites is 1. The third-order valence-corrected chi connectivity index (χ3v) is 3.72. The zero-order valence-electron chi connectivity index (χ0n) is 11.8. The lowest BCUT2D eigenvalue weighted by Gasteiger charge is -2.06. The minimum atomic E-state index is -0.135. The van der Waals surface area contributed by atoms with Crippen molar-refractivity contribution in [3.8, 4) is 5.75 Å². The highest BCUT2D eigenvalue weighted by Gasteiger charge is 2.09. The Hall–Kier alpha value is -2.27. The van der Waals surface area contributed by atoms with Gasteiger partial charge in [-0.05, 0) is 30.3 Å². The van der Waals surface area contributed by atoms with Crippen molar-refractivity contribution in [2.75, 3.05) is 13.2 Å². The van der Waals surface area contributed by atoms with Gasteiger partial charge in [-0.3, -0.25) is 4.79 Å². The first-order chi connectivity index (χ1) is 10.7. The molecule has 112 valence electrons. The van der Waals surface area contributed by atoms with Gasteiger partial charge in [0, 0.05) is 15.4 Å². The molecule has 1 amide bonds. The fourth-order valence-corrected chi connectivity index (χ4v) is 2.53. The number of hydrogen-bond donors (Lipinski definition) is 2. The van der Waals surface area contributed by atoms with Crippen molar-refractivity contribution in [3.63, 3.8) is 0 Å². The lowest BCUT2D eigenvalue weighted by Crippen LogP contribution is -2.28. The van der Waals surface area contributed by atoms with Gasteiger partial charge < -0.3 is 15.0 Å². The van der Waals surface area contributed by atoms with Crippen LogP contribution in [0.25, 0.3) is 10.9 Å². The summed E-state index contributed by atoms with van der Waals surface area (Å²) in [6.45, 7) is 0.883. The van der Waals surface area contributed by atoms with Gasteiger partial charge in [0.2, 0.25) is 0 Å². The highest BCUT2D eigenvalue weighted by Crippen LogP contribution is 2.20. The summed E-state index contributed by atoms with van der Waals surface area (Å²) < 4.78 is 6.51. The predicted molar refractivity (Wildman–Crippen MR) is 90.3 cm³/mol. The van der Waals surface area contributed by atoms with E-state index in [-0.39, 0.29) is 5.91 Å². The Labute approximate surface area is 136 Å². The highest BCUT2D eigenvalue weighted by atomic mass is 79.9. The van der Waals surface area contributed by atoms with Gasteiger partial charge in [0.25, 0.3) is 5.91 Å². The van der Waals surface area contributed by atoms with E-state index in [4.69, 9.17) is 4.74 Å². The number of halogens is 1. The molecule has 0 bridgehead atoms. The number of H-pyrrole nitrogens is 1. The maximum absolute atomic E-state index is 12.1. The molecule has 0 spiro atoms. The van der Waals surface area contributed by atoms with Gasteiger partial charge >= 0.3 is 0 Å². The Morgan fingerprint density at radius 2 is 1.95 bits per heavy atom. The first kappa shape index (κ1) is 14.7. The zero-order valence-corrected chi connectivity index (χ0v) is 13.4. The van der Waals surface area contributed by atoms with Crippen LogP contribution in [-0.4, -0.2) is 24.0 Å². The smallest absolute Gasteiger partial charge is 0.267 e. The van der Waals surface area contributed by atoms with E-state index in [9.17, 15) is 4.79 Å². The highest BCUT2D eigenvalue weighted by molar-refractivity contribution is 9.10. The van der Waals surface area contributed by atoms with E-state index in [1.807, 2.05) is 54.6 Å². The summed E-state index contributed by atoms with van der Waals surface area (Å²) in [6.07, 6.45) is 0. The van der Waals surface area contributed by atoms with Crippen LogP contribution >= 0.6 is 15.9 Å². The number of amides is 1. The molecule has 1 heterocycles. The molecular formula is C17H15BrN2O2. The molecule has 0 saturated heterocycles. The number of aromatic amines is 1. The number of carbonyl (C=O) groups is 1. The topological polar surface area (TPSA) is 54.1 Å². The van der Waals surface area contributed by atoms with Crippen molar-refractivity contribution in [1.82, 2.24) is 10.3 Å². The molecular weight excluding hydrogens is 344 g/mol. The quantitative estimate of drug-likeness (QED) is 0.682. The van der Waals surface area contributed by atoms with Crippen LogP contribution in [0, 0.1) is 0 Å². The van der Waals surface area contributed by atoms with Crippen LogP contribution in [-0.2, 0) is 0 Å². The summed E-state index contributed by atoms with van der Waals surface area (Å²) in [7, 11) is 0. The van der Waals surface area contributed by atoms with Crippen molar-refractivity contribution in [2.24, 2.45) is 0 Å². The standard InChI is InChI=1S/C17H15BrN2O2/c18-13-7-6-12-10-16(20-15(12)11-13)17(21)19-8-9-22-14-4-2-1-3-5-14/h1-7,10-11,20H,8-9H2,(H,19,21). The molecule has 1 aromatic heterocycles. The minimum Gasteiger partial charge on any atom is -0.492 e. The molecule has 0 aliphatic rings. The Kier molecular flexibility index (Phi) is 4.44. The van der Waals surface area contributed by atoms with Crippen molar-refractivity contribution in [2.45, 2.75) is 0 Å². The normalized spacial score (nSPS) is 10.6. The second kappa shape index (κ2) is 6.66. The van der Waals surface area contributed by atoms with Gasteiger partial charge in [-0.2, -0.15) is 0 Å². The number of nitrogens with one attached hydrogen (secondary N) is 2. The van der Waals surface area contributed by atoms with Crippen LogP contribution in [0.1, 0.15) is 10.5 Å². The van der Waals surface area contributed by atoms with Crippen molar-refractivity contribution in [3.05, 3.63) is 64.8 Å². The summed E-state index contributed by atoms with van der Waals surface area (Å²) in [4.78, 5) is 15.2. The largest absolute Gasteiger partial charge is 0.492 e. The number of carbonyl (C=O) groups excluding carboxylic acids is 1. The van der Waals surface area contributed by atoms with Crippen LogP contribution in [0.15, 0.2) is 59.1 Å². The van der Waals surface area contributed by atoms with Gasteiger partial charge in [0.05, 0.1) is 6.54 Å². The molecule has 0 saturated carbocycles. The first-order valence-corrected chi connectivity index (χ1v) is 7.76. The molecule has 0 atom stereocenters. The Bertz CT molecular complexity index is 784. The summed E-state index contributed by atoms with van der Waals surface area (Å²) >= 11 is 3.42. The second-order valence-electron chi connectivity index (χ2n) is 4.83. The molecule has 2 aromatic carbocycles. The molecule has 3 rings (SSSR count). The van der Waals surface area contributed by atoms with E-state index < -0.39 is 0 Å². The van der Waals surface area contributed by atoms with Crippen LogP contribution in [0.3, 0.4) is 0 Å².